The van der Waals surface area contributed by atoms with Gasteiger partial charge in [-0.25, -0.2) is 18.2 Å². The van der Waals surface area contributed by atoms with E-state index < -0.39 is 21.3 Å². The molecule has 9 nitrogen and oxygen atoms in total. The lowest BCUT2D eigenvalue weighted by atomic mass is 10.2. The molecule has 0 radical (unpaired) electrons. The fourth-order valence-electron chi connectivity index (χ4n) is 2.98. The Hall–Kier alpha value is -2.37. The topological polar surface area (TPSA) is 110 Å². The average molecular weight is 441 g/mol. The van der Waals surface area contributed by atoms with Gasteiger partial charge < -0.3 is 14.8 Å². The number of fused-ring (bicyclic) bond motifs is 1. The van der Waals surface area contributed by atoms with Crippen LogP contribution in [0.4, 0.5) is 15.6 Å². The summed E-state index contributed by atoms with van der Waals surface area (Å²) < 4.78 is 36.8. The largest absolute Gasteiger partial charge is 0.493 e. The Morgan fingerprint density at radius 1 is 1.24 bits per heavy atom. The number of carbonyl (C=O) groups excluding carboxylic acids is 1. The molecule has 2 aromatic rings. The minimum absolute atomic E-state index is 0.278. The molecule has 1 aromatic heterocycles. The molecule has 2 N–H and O–H groups in total. The van der Waals surface area contributed by atoms with Gasteiger partial charge in [0.05, 0.1) is 30.9 Å². The molecule has 0 unspecified atom stereocenters. The average Bonchev–Trinajstić information content (AvgIpc) is 3.08. The molecule has 0 spiro atoms. The number of hydrogen-bond donors (Lipinski definition) is 2. The molecule has 0 fully saturated rings. The first-order chi connectivity index (χ1) is 13.8. The van der Waals surface area contributed by atoms with Gasteiger partial charge in [0.2, 0.25) is 10.0 Å². The molecule has 2 amide bonds. The number of sulfonamides is 1. The molecule has 1 aliphatic rings. The molecule has 158 valence electrons. The zero-order valence-electron chi connectivity index (χ0n) is 16.7. The Bertz CT molecular complexity index is 1000. The van der Waals surface area contributed by atoms with Gasteiger partial charge in [-0.3, -0.25) is 5.32 Å². The van der Waals surface area contributed by atoms with Crippen LogP contribution in [-0.4, -0.2) is 49.8 Å². The summed E-state index contributed by atoms with van der Waals surface area (Å²) in [6, 6.07) is 4.69. The number of hydrogen-bond acceptors (Lipinski definition) is 7. The number of methoxy groups -OCH3 is 2. The van der Waals surface area contributed by atoms with Crippen LogP contribution in [0.15, 0.2) is 18.2 Å². The third-order valence-corrected chi connectivity index (χ3v) is 7.74. The summed E-state index contributed by atoms with van der Waals surface area (Å²) in [7, 11) is -0.313. The highest BCUT2D eigenvalue weighted by molar-refractivity contribution is 7.89. The van der Waals surface area contributed by atoms with Crippen LogP contribution < -0.4 is 20.1 Å². The number of urea groups is 1. The van der Waals surface area contributed by atoms with E-state index in [0.717, 1.165) is 10.6 Å². The minimum Gasteiger partial charge on any atom is -0.493 e. The van der Waals surface area contributed by atoms with Crippen LogP contribution in [-0.2, 0) is 23.0 Å². The molecular weight excluding hydrogens is 416 g/mol. The van der Waals surface area contributed by atoms with E-state index in [1.165, 1.54) is 29.9 Å². The van der Waals surface area contributed by atoms with E-state index in [4.69, 9.17) is 9.47 Å². The number of anilines is 2. The fourth-order valence-corrected chi connectivity index (χ4v) is 5.33. The number of amides is 2. The number of para-hydroxylation sites is 1. The molecule has 0 aliphatic carbocycles. The Labute approximate surface area is 174 Å². The van der Waals surface area contributed by atoms with Gasteiger partial charge >= 0.3 is 6.03 Å². The number of benzene rings is 1. The van der Waals surface area contributed by atoms with Crippen molar-refractivity contribution in [3.05, 3.63) is 28.8 Å². The molecule has 11 heteroatoms. The van der Waals surface area contributed by atoms with Gasteiger partial charge in [0, 0.05) is 24.4 Å². The second-order valence-corrected chi connectivity index (χ2v) is 10.3. The monoisotopic (exact) mass is 440 g/mol. The number of rotatable bonds is 6. The van der Waals surface area contributed by atoms with Crippen LogP contribution in [0, 0.1) is 0 Å². The van der Waals surface area contributed by atoms with Crippen molar-refractivity contribution in [3.63, 3.8) is 0 Å². The normalized spacial score (nSPS) is 14.4. The van der Waals surface area contributed by atoms with Crippen molar-refractivity contribution in [1.29, 1.82) is 0 Å². The maximum atomic E-state index is 12.4. The lowest BCUT2D eigenvalue weighted by Gasteiger charge is -2.26. The number of aromatic nitrogens is 1. The van der Waals surface area contributed by atoms with Gasteiger partial charge in [-0.2, -0.15) is 4.31 Å². The summed E-state index contributed by atoms with van der Waals surface area (Å²) in [5, 5.41) is 5.37. The molecule has 1 aliphatic heterocycles. The van der Waals surface area contributed by atoms with E-state index in [0.29, 0.717) is 35.3 Å². The van der Waals surface area contributed by atoms with Gasteiger partial charge in [0.25, 0.3) is 0 Å². The van der Waals surface area contributed by atoms with Crippen LogP contribution in [0.25, 0.3) is 0 Å². The van der Waals surface area contributed by atoms with Gasteiger partial charge in [0.15, 0.2) is 16.6 Å². The van der Waals surface area contributed by atoms with E-state index in [2.05, 4.69) is 15.6 Å². The molecule has 2 heterocycles. The Balaban J connectivity index is 1.71. The van der Waals surface area contributed by atoms with E-state index in [9.17, 15) is 13.2 Å². The van der Waals surface area contributed by atoms with Crippen molar-refractivity contribution in [2.45, 2.75) is 32.1 Å². The summed E-state index contributed by atoms with van der Waals surface area (Å²) in [6.07, 6.45) is 0.519. The van der Waals surface area contributed by atoms with Crippen molar-refractivity contribution in [2.24, 2.45) is 0 Å². The van der Waals surface area contributed by atoms with E-state index in [1.807, 2.05) is 0 Å². The fraction of sp³-hybridized carbons (Fsp3) is 0.444. The van der Waals surface area contributed by atoms with Crippen LogP contribution in [0.2, 0.25) is 0 Å². The summed E-state index contributed by atoms with van der Waals surface area (Å²) in [5.74, 6) is 0.916. The van der Waals surface area contributed by atoms with Gasteiger partial charge in [0.1, 0.15) is 0 Å². The quantitative estimate of drug-likeness (QED) is 0.715. The first-order valence-corrected chi connectivity index (χ1v) is 11.3. The third-order valence-electron chi connectivity index (χ3n) is 4.52. The highest BCUT2D eigenvalue weighted by Crippen LogP contribution is 2.35. The summed E-state index contributed by atoms with van der Waals surface area (Å²) in [6.45, 7) is 4.01. The first-order valence-electron chi connectivity index (χ1n) is 9.02. The van der Waals surface area contributed by atoms with Crippen molar-refractivity contribution in [3.8, 4) is 11.5 Å². The van der Waals surface area contributed by atoms with Gasteiger partial charge in [-0.15, -0.1) is 0 Å². The van der Waals surface area contributed by atoms with Crippen LogP contribution in [0.5, 0.6) is 11.5 Å². The lowest BCUT2D eigenvalue weighted by Crippen LogP contribution is -2.39. The number of carbonyl (C=O) groups is 1. The molecule has 3 rings (SSSR count). The first kappa shape index (κ1) is 21.3. The standard InChI is InChI=1S/C18H24N4O5S2/c1-11(2)29(24,25)22-9-8-12-15(10-22)28-18(20-12)21-17(23)19-13-6-5-7-14(26-3)16(13)27-4/h5-7,11H,8-10H2,1-4H3,(H2,19,20,21,23). The maximum absolute atomic E-state index is 12.4. The number of nitrogens with one attached hydrogen (secondary N) is 2. The van der Waals surface area contributed by atoms with Crippen LogP contribution in [0.3, 0.4) is 0 Å². The van der Waals surface area contributed by atoms with Crippen molar-refractivity contribution < 1.29 is 22.7 Å². The zero-order valence-corrected chi connectivity index (χ0v) is 18.3. The van der Waals surface area contributed by atoms with E-state index >= 15 is 0 Å². The molecule has 0 saturated carbocycles. The summed E-state index contributed by atoms with van der Waals surface area (Å²) >= 11 is 1.28. The minimum atomic E-state index is -3.32. The Morgan fingerprint density at radius 2 is 2.00 bits per heavy atom. The maximum Gasteiger partial charge on any atom is 0.325 e. The Kier molecular flexibility index (Phi) is 6.30. The molecule has 0 bridgehead atoms. The second-order valence-electron chi connectivity index (χ2n) is 6.69. The number of thiazole rings is 1. The second kappa shape index (κ2) is 8.56. The number of ether oxygens (including phenoxy) is 2. The predicted molar refractivity (Wildman–Crippen MR) is 112 cm³/mol. The van der Waals surface area contributed by atoms with E-state index in [-0.39, 0.29) is 6.54 Å². The smallest absolute Gasteiger partial charge is 0.325 e. The van der Waals surface area contributed by atoms with Crippen molar-refractivity contribution >= 4 is 38.2 Å². The SMILES string of the molecule is COc1cccc(NC(=O)Nc2nc3c(s2)CN(S(=O)(=O)C(C)C)CC3)c1OC. The van der Waals surface area contributed by atoms with Crippen LogP contribution in [0.1, 0.15) is 24.4 Å². The van der Waals surface area contributed by atoms with Crippen LogP contribution >= 0.6 is 11.3 Å². The lowest BCUT2D eigenvalue weighted by molar-refractivity contribution is 0.262. The Morgan fingerprint density at radius 3 is 2.66 bits per heavy atom. The molecule has 1 aromatic carbocycles. The number of nitrogens with zero attached hydrogens (tertiary/aromatic N) is 2. The highest BCUT2D eigenvalue weighted by atomic mass is 32.2. The molecule has 0 saturated heterocycles. The van der Waals surface area contributed by atoms with Gasteiger partial charge in [-0.1, -0.05) is 17.4 Å². The van der Waals surface area contributed by atoms with Crippen molar-refractivity contribution in [2.75, 3.05) is 31.4 Å². The summed E-state index contributed by atoms with van der Waals surface area (Å²) in [5.41, 5.74) is 1.28. The predicted octanol–water partition coefficient (Wildman–Crippen LogP) is 2.90. The van der Waals surface area contributed by atoms with Crippen molar-refractivity contribution in [1.82, 2.24) is 9.29 Å². The zero-order chi connectivity index (χ0) is 21.2. The highest BCUT2D eigenvalue weighted by Gasteiger charge is 2.31. The van der Waals surface area contributed by atoms with Gasteiger partial charge in [-0.05, 0) is 26.0 Å². The molecule has 0 atom stereocenters. The molecular formula is C18H24N4O5S2. The summed E-state index contributed by atoms with van der Waals surface area (Å²) in [4.78, 5) is 17.7. The molecule has 29 heavy (non-hydrogen) atoms. The third kappa shape index (κ3) is 4.46. The van der Waals surface area contributed by atoms with E-state index in [1.54, 1.807) is 32.0 Å².